The molecule has 2 heterocycles. The monoisotopic (exact) mass is 453 g/mol. The molecule has 0 bridgehead atoms. The van der Waals surface area contributed by atoms with Gasteiger partial charge in [-0.05, 0) is 48.4 Å². The Labute approximate surface area is 201 Å². The fraction of sp³-hybridized carbons (Fsp3) is 0.276. The van der Waals surface area contributed by atoms with Crippen LogP contribution in [-0.4, -0.2) is 25.2 Å². The molecule has 2 aliphatic rings. The van der Waals surface area contributed by atoms with Crippen LogP contribution in [-0.2, 0) is 9.47 Å². The zero-order valence-corrected chi connectivity index (χ0v) is 19.9. The van der Waals surface area contributed by atoms with Gasteiger partial charge in [0.25, 0.3) is 0 Å². The zero-order chi connectivity index (χ0) is 23.5. The van der Waals surface area contributed by atoms with Gasteiger partial charge >= 0.3 is 0 Å². The van der Waals surface area contributed by atoms with Crippen molar-refractivity contribution >= 4 is 34.4 Å². The summed E-state index contributed by atoms with van der Waals surface area (Å²) in [5.74, 6) is 2.51. The summed E-state index contributed by atoms with van der Waals surface area (Å²) in [4.78, 5) is 4.83. The van der Waals surface area contributed by atoms with E-state index in [0.717, 1.165) is 46.2 Å². The van der Waals surface area contributed by atoms with E-state index in [4.69, 9.17) is 14.5 Å². The maximum absolute atomic E-state index is 5.97. The van der Waals surface area contributed by atoms with Crippen molar-refractivity contribution < 1.29 is 9.47 Å². The van der Waals surface area contributed by atoms with Crippen molar-refractivity contribution in [1.29, 1.82) is 0 Å². The molecule has 0 amide bonds. The van der Waals surface area contributed by atoms with Crippen LogP contribution in [0.1, 0.15) is 31.9 Å². The van der Waals surface area contributed by atoms with Gasteiger partial charge in [0.05, 0.1) is 35.3 Å². The van der Waals surface area contributed by atoms with Crippen LogP contribution in [0.3, 0.4) is 0 Å². The third-order valence-electron chi connectivity index (χ3n) is 6.20. The maximum Gasteiger partial charge on any atom is 0.218 e. The number of aliphatic imine (C=N–C) groups is 1. The van der Waals surface area contributed by atoms with Gasteiger partial charge in [-0.15, -0.1) is 0 Å². The normalized spacial score (nSPS) is 19.3. The first-order valence-electron chi connectivity index (χ1n) is 12.0. The summed E-state index contributed by atoms with van der Waals surface area (Å²) < 4.78 is 11.9. The van der Waals surface area contributed by atoms with Crippen molar-refractivity contribution in [3.05, 3.63) is 90.0 Å². The fourth-order valence-corrected chi connectivity index (χ4v) is 4.20. The average molecular weight is 454 g/mol. The third kappa shape index (κ3) is 4.65. The van der Waals surface area contributed by atoms with E-state index in [1.807, 2.05) is 36.4 Å². The van der Waals surface area contributed by atoms with E-state index in [0.29, 0.717) is 24.3 Å². The molecule has 5 rings (SSSR count). The predicted octanol–water partition coefficient (Wildman–Crippen LogP) is 6.98. The Kier molecular flexibility index (Phi) is 6.26. The third-order valence-corrected chi connectivity index (χ3v) is 6.20. The number of ether oxygens (including phenoxy) is 2. The molecule has 2 N–H and O–H groups in total. The summed E-state index contributed by atoms with van der Waals surface area (Å²) in [5.41, 5.74) is 5.96. The number of nitrogens with one attached hydrogen (secondary N) is 2. The van der Waals surface area contributed by atoms with Crippen molar-refractivity contribution in [2.75, 3.05) is 23.8 Å². The molecule has 0 fully saturated rings. The Morgan fingerprint density at radius 1 is 0.735 bits per heavy atom. The Bertz CT molecular complexity index is 1230. The summed E-state index contributed by atoms with van der Waals surface area (Å²) in [6.45, 7) is 7.88. The van der Waals surface area contributed by atoms with Crippen LogP contribution in [0.15, 0.2) is 83.9 Å². The highest BCUT2D eigenvalue weighted by Gasteiger charge is 2.24. The van der Waals surface area contributed by atoms with Gasteiger partial charge in [-0.3, -0.25) is 0 Å². The van der Waals surface area contributed by atoms with Gasteiger partial charge in [-0.25, -0.2) is 4.99 Å². The standard InChI is InChI=1S/C29H31N3O2/c1-19(2)27-18-34-29(32-27)22-11-5-7-13-24(22)31-26-15-9-8-14-25(26)30-23-12-6-4-10-21(23)28-16-20(3)17-33-28/h4-16,19-20,27,30-31H,17-18H2,1-3H3/t20-,27-/m1/s1. The fourth-order valence-electron chi connectivity index (χ4n) is 4.20. The van der Waals surface area contributed by atoms with Gasteiger partial charge in [0.15, 0.2) is 0 Å². The minimum absolute atomic E-state index is 0.198. The van der Waals surface area contributed by atoms with Crippen molar-refractivity contribution in [3.63, 3.8) is 0 Å². The topological polar surface area (TPSA) is 54.9 Å². The van der Waals surface area contributed by atoms with E-state index < -0.39 is 0 Å². The van der Waals surface area contributed by atoms with Gasteiger partial charge < -0.3 is 20.1 Å². The number of rotatable bonds is 7. The Hall–Kier alpha value is -3.73. The number of hydrogen-bond donors (Lipinski definition) is 2. The smallest absolute Gasteiger partial charge is 0.218 e. The summed E-state index contributed by atoms with van der Waals surface area (Å²) in [7, 11) is 0. The molecule has 174 valence electrons. The number of nitrogens with zero attached hydrogens (tertiary/aromatic N) is 1. The molecule has 0 unspecified atom stereocenters. The Morgan fingerprint density at radius 2 is 1.29 bits per heavy atom. The first-order chi connectivity index (χ1) is 16.6. The first kappa shape index (κ1) is 22.1. The molecule has 0 saturated carbocycles. The molecular weight excluding hydrogens is 422 g/mol. The van der Waals surface area contributed by atoms with E-state index in [9.17, 15) is 0 Å². The molecule has 0 radical (unpaired) electrons. The predicted molar refractivity (Wildman–Crippen MR) is 140 cm³/mol. The highest BCUT2D eigenvalue weighted by atomic mass is 16.5. The van der Waals surface area contributed by atoms with Gasteiger partial charge in [0, 0.05) is 17.2 Å². The second kappa shape index (κ2) is 9.64. The lowest BCUT2D eigenvalue weighted by molar-refractivity contribution is 0.278. The SMILES string of the molecule is CC(C)[C@H]1COC(c2ccccc2Nc2ccccc2Nc2ccccc2C2=C[C@@H](C)CO2)=N1. The minimum Gasteiger partial charge on any atom is -0.493 e. The number of para-hydroxylation sites is 4. The van der Waals surface area contributed by atoms with Gasteiger partial charge in [0.1, 0.15) is 12.4 Å². The zero-order valence-electron chi connectivity index (χ0n) is 19.9. The highest BCUT2D eigenvalue weighted by molar-refractivity contribution is 6.01. The van der Waals surface area contributed by atoms with Gasteiger partial charge in [-0.2, -0.15) is 0 Å². The molecule has 0 aromatic heterocycles. The van der Waals surface area contributed by atoms with Crippen molar-refractivity contribution in [2.45, 2.75) is 26.8 Å². The summed E-state index contributed by atoms with van der Waals surface area (Å²) >= 11 is 0. The van der Waals surface area contributed by atoms with Crippen molar-refractivity contribution in [1.82, 2.24) is 0 Å². The summed E-state index contributed by atoms with van der Waals surface area (Å²) in [5, 5.41) is 7.23. The van der Waals surface area contributed by atoms with E-state index in [2.05, 4.69) is 73.9 Å². The number of anilines is 4. The van der Waals surface area contributed by atoms with E-state index in [1.165, 1.54) is 0 Å². The average Bonchev–Trinajstić information content (AvgIpc) is 3.51. The molecule has 2 atom stereocenters. The van der Waals surface area contributed by atoms with Crippen LogP contribution in [0.4, 0.5) is 22.7 Å². The van der Waals surface area contributed by atoms with E-state index in [-0.39, 0.29) is 6.04 Å². The molecule has 0 aliphatic carbocycles. The quantitative estimate of drug-likeness (QED) is 0.405. The van der Waals surface area contributed by atoms with Crippen LogP contribution in [0.2, 0.25) is 0 Å². The lowest BCUT2D eigenvalue weighted by Gasteiger charge is -2.18. The second-order valence-electron chi connectivity index (χ2n) is 9.26. The van der Waals surface area contributed by atoms with Crippen LogP contribution < -0.4 is 10.6 Å². The first-order valence-corrected chi connectivity index (χ1v) is 12.0. The molecule has 5 heteroatoms. The van der Waals surface area contributed by atoms with Crippen molar-refractivity contribution in [2.24, 2.45) is 16.8 Å². The molecule has 5 nitrogen and oxygen atoms in total. The molecular formula is C29H31N3O2. The van der Waals surface area contributed by atoms with Crippen LogP contribution in [0.5, 0.6) is 0 Å². The van der Waals surface area contributed by atoms with E-state index >= 15 is 0 Å². The van der Waals surface area contributed by atoms with Gasteiger partial charge in [-0.1, -0.05) is 57.2 Å². The molecule has 0 spiro atoms. The lowest BCUT2D eigenvalue weighted by Crippen LogP contribution is -2.13. The molecule has 3 aromatic carbocycles. The second-order valence-corrected chi connectivity index (χ2v) is 9.26. The van der Waals surface area contributed by atoms with Crippen LogP contribution in [0, 0.1) is 11.8 Å². The minimum atomic E-state index is 0.198. The largest absolute Gasteiger partial charge is 0.493 e. The molecule has 2 aliphatic heterocycles. The Balaban J connectivity index is 1.44. The van der Waals surface area contributed by atoms with Crippen molar-refractivity contribution in [3.8, 4) is 0 Å². The molecule has 34 heavy (non-hydrogen) atoms. The summed E-state index contributed by atoms with van der Waals surface area (Å²) in [6, 6.07) is 24.8. The van der Waals surface area contributed by atoms with Crippen LogP contribution in [0.25, 0.3) is 5.76 Å². The molecule has 3 aromatic rings. The van der Waals surface area contributed by atoms with E-state index in [1.54, 1.807) is 0 Å². The number of hydrogen-bond acceptors (Lipinski definition) is 5. The Morgan fingerprint density at radius 3 is 1.85 bits per heavy atom. The summed E-state index contributed by atoms with van der Waals surface area (Å²) in [6.07, 6.45) is 2.19. The lowest BCUT2D eigenvalue weighted by atomic mass is 10.1. The number of benzene rings is 3. The highest BCUT2D eigenvalue weighted by Crippen LogP contribution is 2.35. The maximum atomic E-state index is 5.97. The molecule has 0 saturated heterocycles. The van der Waals surface area contributed by atoms with Gasteiger partial charge in [0.2, 0.25) is 5.90 Å². The van der Waals surface area contributed by atoms with Crippen LogP contribution >= 0.6 is 0 Å².